The van der Waals surface area contributed by atoms with Gasteiger partial charge in [-0.05, 0) is 61.3 Å². The van der Waals surface area contributed by atoms with E-state index in [0.717, 1.165) is 22.8 Å². The lowest BCUT2D eigenvalue weighted by Crippen LogP contribution is -2.46. The van der Waals surface area contributed by atoms with E-state index < -0.39 is 0 Å². The first-order valence-corrected chi connectivity index (χ1v) is 11.7. The van der Waals surface area contributed by atoms with Crippen molar-refractivity contribution >= 4 is 17.4 Å². The molecule has 2 heteroatoms. The summed E-state index contributed by atoms with van der Waals surface area (Å²) in [5, 5.41) is 0. The van der Waals surface area contributed by atoms with Crippen LogP contribution in [0, 0.1) is 12.8 Å². The minimum Gasteiger partial charge on any atom is -0.281 e. The Morgan fingerprint density at radius 1 is 1.04 bits per heavy atom. The molecular weight excluding hydrogens is 346 g/mol. The Hall–Kier alpha value is -1.25. The summed E-state index contributed by atoms with van der Waals surface area (Å²) in [7, 11) is 2.41. The van der Waals surface area contributed by atoms with Crippen LogP contribution in [0.25, 0.3) is 0 Å². The number of aryl methyl sites for hydroxylation is 1. The predicted molar refractivity (Wildman–Crippen MR) is 117 cm³/mol. The zero-order valence-electron chi connectivity index (χ0n) is 16.8. The lowest BCUT2D eigenvalue weighted by Gasteiger charge is -2.48. The zero-order chi connectivity index (χ0) is 18.5. The van der Waals surface area contributed by atoms with Crippen molar-refractivity contribution in [2.75, 3.05) is 12.9 Å². The van der Waals surface area contributed by atoms with E-state index in [2.05, 4.69) is 68.2 Å². The van der Waals surface area contributed by atoms with Crippen LogP contribution >= 0.6 is 11.8 Å². The third-order valence-electron chi connectivity index (χ3n) is 7.49. The third-order valence-corrected chi connectivity index (χ3v) is 8.96. The molecule has 0 radical (unpaired) electrons. The molecule has 5 rings (SSSR count). The Labute approximate surface area is 168 Å². The van der Waals surface area contributed by atoms with Gasteiger partial charge in [0, 0.05) is 10.5 Å². The molecule has 2 bridgehead atoms. The average molecular weight is 379 g/mol. The fraction of sp³-hybridized carbons (Fsp3) is 0.520. The molecule has 0 N–H and O–H groups in total. The van der Waals surface area contributed by atoms with Crippen LogP contribution in [0.3, 0.4) is 0 Å². The molecule has 2 aromatic rings. The molecule has 0 amide bonds. The highest BCUT2D eigenvalue weighted by Crippen LogP contribution is 2.54. The van der Waals surface area contributed by atoms with Gasteiger partial charge < -0.3 is 0 Å². The molecule has 3 aliphatic rings. The highest BCUT2D eigenvalue weighted by Gasteiger charge is 2.43. The fourth-order valence-electron chi connectivity index (χ4n) is 6.18. The summed E-state index contributed by atoms with van der Waals surface area (Å²) in [6.07, 6.45) is 10.1. The molecule has 1 aliphatic heterocycles. The van der Waals surface area contributed by atoms with Crippen molar-refractivity contribution in [2.24, 2.45) is 5.92 Å². The second-order valence-electron chi connectivity index (χ2n) is 9.60. The van der Waals surface area contributed by atoms with Gasteiger partial charge in [-0.25, -0.2) is 0 Å². The van der Waals surface area contributed by atoms with Gasteiger partial charge in [0.25, 0.3) is 0 Å². The maximum Gasteiger partial charge on any atom is 0.135 e. The van der Waals surface area contributed by atoms with Gasteiger partial charge in [-0.1, -0.05) is 67.3 Å². The van der Waals surface area contributed by atoms with Crippen LogP contribution in [-0.4, -0.2) is 12.9 Å². The van der Waals surface area contributed by atoms with Gasteiger partial charge >= 0.3 is 0 Å². The Morgan fingerprint density at radius 3 is 2.52 bits per heavy atom. The van der Waals surface area contributed by atoms with Gasteiger partial charge in [-0.2, -0.15) is 0 Å². The molecule has 1 atom stereocenters. The van der Waals surface area contributed by atoms with Crippen molar-refractivity contribution in [1.29, 1.82) is 0 Å². The van der Waals surface area contributed by atoms with E-state index in [1.807, 2.05) is 0 Å². The van der Waals surface area contributed by atoms with Gasteiger partial charge in [0.1, 0.15) is 18.1 Å². The van der Waals surface area contributed by atoms with E-state index in [9.17, 15) is 0 Å². The van der Waals surface area contributed by atoms with Crippen molar-refractivity contribution in [3.8, 4) is 0 Å². The molecule has 1 nitrogen and oxygen atoms in total. The number of rotatable bonds is 2. The van der Waals surface area contributed by atoms with Gasteiger partial charge in [-0.15, -0.1) is 0 Å². The normalized spacial score (nSPS) is 32.7. The number of quaternary nitrogens is 1. The molecule has 2 aliphatic carbocycles. The minimum absolute atomic E-state index is 0.484. The van der Waals surface area contributed by atoms with Crippen molar-refractivity contribution in [1.82, 2.24) is 4.48 Å². The summed E-state index contributed by atoms with van der Waals surface area (Å²) in [5.41, 5.74) is 6.71. The first-order valence-electron chi connectivity index (χ1n) is 10.8. The fourth-order valence-corrected chi connectivity index (χ4v) is 7.57. The predicted octanol–water partition coefficient (Wildman–Crippen LogP) is 6.81. The molecule has 0 spiro atoms. The Kier molecular flexibility index (Phi) is 4.40. The van der Waals surface area contributed by atoms with Crippen LogP contribution in [0.5, 0.6) is 0 Å². The van der Waals surface area contributed by atoms with Crippen LogP contribution in [0.1, 0.15) is 61.6 Å². The quantitative estimate of drug-likeness (QED) is 0.517. The smallest absolute Gasteiger partial charge is 0.135 e. The minimum atomic E-state index is 0.484. The van der Waals surface area contributed by atoms with Crippen LogP contribution in [0.15, 0.2) is 47.4 Å². The molecule has 27 heavy (non-hydrogen) atoms. The summed E-state index contributed by atoms with van der Waals surface area (Å²) in [4.78, 5) is 1.65. The third kappa shape index (κ3) is 3.06. The monoisotopic (exact) mass is 378 g/mol. The number of benzene rings is 2. The van der Waals surface area contributed by atoms with Crippen molar-refractivity contribution in [2.45, 2.75) is 68.7 Å². The number of para-hydroxylation sites is 1. The van der Waals surface area contributed by atoms with Crippen LogP contribution < -0.4 is 4.48 Å². The number of fused-ring (bicyclic) bond motifs is 3. The summed E-state index contributed by atoms with van der Waals surface area (Å²) in [6.45, 7) is 3.44. The molecule has 142 valence electrons. The van der Waals surface area contributed by atoms with Gasteiger partial charge in [0.2, 0.25) is 0 Å². The van der Waals surface area contributed by atoms with Crippen LogP contribution in [-0.2, 0) is 12.0 Å². The van der Waals surface area contributed by atoms with Gasteiger partial charge in [0.15, 0.2) is 0 Å². The second kappa shape index (κ2) is 6.67. The molecule has 0 aromatic heterocycles. The standard InChI is InChI=1S/C25H32NS/c1-19-14-21-17-26(2,22-10-4-3-5-11-22)18-27-24(21)23(15-19)25-12-6-8-20(16-25)9-7-13-25/h3-5,10-11,14-15,20H,6-9,12-13,16-18H2,1-2H3/q+1. The molecule has 2 saturated carbocycles. The summed E-state index contributed by atoms with van der Waals surface area (Å²) in [6, 6.07) is 16.1. The molecule has 2 aromatic carbocycles. The average Bonchev–Trinajstić information content (AvgIpc) is 2.68. The first-order chi connectivity index (χ1) is 13.1. The van der Waals surface area contributed by atoms with Crippen molar-refractivity contribution in [3.63, 3.8) is 0 Å². The number of nitrogens with zero attached hydrogens (tertiary/aromatic N) is 1. The molecule has 1 heterocycles. The first kappa shape index (κ1) is 17.8. The van der Waals surface area contributed by atoms with Crippen LogP contribution in [0.2, 0.25) is 0 Å². The highest BCUT2D eigenvalue weighted by atomic mass is 32.2. The summed E-state index contributed by atoms with van der Waals surface area (Å²) < 4.78 is 1.01. The Balaban J connectivity index is 1.56. The Bertz CT molecular complexity index is 833. The second-order valence-corrected chi connectivity index (χ2v) is 10.6. The lowest BCUT2D eigenvalue weighted by molar-refractivity contribution is 0.147. The van der Waals surface area contributed by atoms with E-state index in [0.29, 0.717) is 5.41 Å². The van der Waals surface area contributed by atoms with E-state index in [4.69, 9.17) is 0 Å². The van der Waals surface area contributed by atoms with Gasteiger partial charge in [0.05, 0.1) is 7.05 Å². The molecule has 1 unspecified atom stereocenters. The van der Waals surface area contributed by atoms with E-state index in [1.54, 1.807) is 16.0 Å². The van der Waals surface area contributed by atoms with Crippen LogP contribution in [0.4, 0.5) is 5.69 Å². The van der Waals surface area contributed by atoms with Gasteiger partial charge in [-0.3, -0.25) is 4.48 Å². The molecule has 2 fully saturated rings. The SMILES string of the molecule is Cc1cc2c(c(C34CCCC(CCC3)C4)c1)SC[N+](C)(c1ccccc1)C2. The lowest BCUT2D eigenvalue weighted by atomic mass is 9.59. The topological polar surface area (TPSA) is 0 Å². The largest absolute Gasteiger partial charge is 0.281 e. The maximum atomic E-state index is 2.57. The van der Waals surface area contributed by atoms with E-state index in [-0.39, 0.29) is 0 Å². The molecular formula is C25H32NS+. The van der Waals surface area contributed by atoms with E-state index in [1.165, 1.54) is 56.2 Å². The summed E-state index contributed by atoms with van der Waals surface area (Å²) in [5.74, 6) is 2.13. The molecule has 0 saturated heterocycles. The number of hydrogen-bond acceptors (Lipinski definition) is 1. The maximum absolute atomic E-state index is 2.57. The summed E-state index contributed by atoms with van der Waals surface area (Å²) >= 11 is 2.13. The Morgan fingerprint density at radius 2 is 1.78 bits per heavy atom. The van der Waals surface area contributed by atoms with E-state index >= 15 is 0 Å². The zero-order valence-corrected chi connectivity index (χ0v) is 17.7. The number of thioether (sulfide) groups is 1. The highest BCUT2D eigenvalue weighted by molar-refractivity contribution is 7.99. The van der Waals surface area contributed by atoms with Crippen molar-refractivity contribution in [3.05, 3.63) is 59.2 Å². The number of hydrogen-bond donors (Lipinski definition) is 0. The van der Waals surface area contributed by atoms with Crippen molar-refractivity contribution < 1.29 is 0 Å².